The second-order valence-electron chi connectivity index (χ2n) is 4.33. The first-order valence-electron chi connectivity index (χ1n) is 5.85. The Morgan fingerprint density at radius 1 is 1.29 bits per heavy atom. The van der Waals surface area contributed by atoms with Gasteiger partial charge in [0.1, 0.15) is 0 Å². The number of halogens is 1. The zero-order valence-corrected chi connectivity index (χ0v) is 11.3. The molecule has 1 aromatic rings. The van der Waals surface area contributed by atoms with E-state index in [1.807, 2.05) is 6.21 Å². The van der Waals surface area contributed by atoms with E-state index >= 15 is 0 Å². The molecule has 0 atom stereocenters. The van der Waals surface area contributed by atoms with Crippen LogP contribution in [-0.2, 0) is 0 Å². The number of nitrogens with zero attached hydrogens (tertiary/aromatic N) is 2. The summed E-state index contributed by atoms with van der Waals surface area (Å²) in [5.41, 5.74) is 5.08. The first-order chi connectivity index (χ1) is 7.77. The van der Waals surface area contributed by atoms with E-state index in [1.54, 1.807) is 0 Å². The Bertz CT molecular complexity index is 416. The van der Waals surface area contributed by atoms with E-state index in [9.17, 15) is 0 Å². The number of aliphatic imine (C=N–C) groups is 2. The molecule has 0 bridgehead atoms. The zero-order valence-electron chi connectivity index (χ0n) is 10.4. The minimum atomic E-state index is 0. The molecule has 0 N–H and O–H groups in total. The lowest BCUT2D eigenvalue weighted by atomic mass is 10.0. The second-order valence-corrected chi connectivity index (χ2v) is 4.33. The van der Waals surface area contributed by atoms with Gasteiger partial charge < -0.3 is 0 Å². The van der Waals surface area contributed by atoms with E-state index in [4.69, 9.17) is 0 Å². The van der Waals surface area contributed by atoms with Gasteiger partial charge >= 0.3 is 0 Å². The second kappa shape index (κ2) is 6.55. The standard InChI is InChI=1S/C14H18N2.ClH/c1-11-5-3-6-12(2)14(11)10-15-9-13-7-4-8-16-13;/h3,5-6,10H,4,7-9H2,1-2H3;1H. The first kappa shape index (κ1) is 13.9. The van der Waals surface area contributed by atoms with Crippen LogP contribution in [0.5, 0.6) is 0 Å². The highest BCUT2D eigenvalue weighted by Crippen LogP contribution is 2.10. The summed E-state index contributed by atoms with van der Waals surface area (Å²) in [6.07, 6.45) is 4.32. The summed E-state index contributed by atoms with van der Waals surface area (Å²) < 4.78 is 0. The molecule has 0 spiro atoms. The summed E-state index contributed by atoms with van der Waals surface area (Å²) in [6.45, 7) is 6.02. The maximum atomic E-state index is 4.49. The van der Waals surface area contributed by atoms with Gasteiger partial charge in [0.25, 0.3) is 0 Å². The average molecular weight is 251 g/mol. The third-order valence-corrected chi connectivity index (χ3v) is 3.00. The molecule has 0 aliphatic carbocycles. The van der Waals surface area contributed by atoms with E-state index in [1.165, 1.54) is 28.8 Å². The topological polar surface area (TPSA) is 24.7 Å². The van der Waals surface area contributed by atoms with Crippen molar-refractivity contribution in [2.75, 3.05) is 13.1 Å². The molecule has 0 amide bonds. The molecule has 2 nitrogen and oxygen atoms in total. The molecule has 1 aliphatic heterocycles. The van der Waals surface area contributed by atoms with Gasteiger partial charge in [-0.05, 0) is 43.4 Å². The number of benzene rings is 1. The Labute approximate surface area is 109 Å². The van der Waals surface area contributed by atoms with Crippen LogP contribution in [-0.4, -0.2) is 25.0 Å². The van der Waals surface area contributed by atoms with E-state index in [2.05, 4.69) is 42.0 Å². The summed E-state index contributed by atoms with van der Waals surface area (Å²) in [5.74, 6) is 0. The van der Waals surface area contributed by atoms with Crippen LogP contribution in [0.15, 0.2) is 28.2 Å². The Hall–Kier alpha value is -1.15. The molecule has 3 heteroatoms. The fraction of sp³-hybridized carbons (Fsp3) is 0.429. The molecule has 0 saturated heterocycles. The number of hydrogen-bond acceptors (Lipinski definition) is 2. The lowest BCUT2D eigenvalue weighted by molar-refractivity contribution is 0.949. The molecule has 92 valence electrons. The van der Waals surface area contributed by atoms with Crippen LogP contribution in [0.1, 0.15) is 29.5 Å². The fourth-order valence-corrected chi connectivity index (χ4v) is 2.00. The van der Waals surface area contributed by atoms with Gasteiger partial charge in [0, 0.05) is 18.5 Å². The quantitative estimate of drug-likeness (QED) is 0.735. The number of hydrogen-bond donors (Lipinski definition) is 0. The molecule has 0 unspecified atom stereocenters. The van der Waals surface area contributed by atoms with Gasteiger partial charge in [0.15, 0.2) is 0 Å². The predicted octanol–water partition coefficient (Wildman–Crippen LogP) is 3.38. The van der Waals surface area contributed by atoms with E-state index in [-0.39, 0.29) is 12.4 Å². The van der Waals surface area contributed by atoms with E-state index < -0.39 is 0 Å². The molecule has 17 heavy (non-hydrogen) atoms. The van der Waals surface area contributed by atoms with E-state index in [0.717, 1.165) is 19.5 Å². The number of aryl methyl sites for hydroxylation is 2. The monoisotopic (exact) mass is 250 g/mol. The third kappa shape index (κ3) is 3.67. The summed E-state index contributed by atoms with van der Waals surface area (Å²) in [7, 11) is 0. The smallest absolute Gasteiger partial charge is 0.0768 e. The van der Waals surface area contributed by atoms with Gasteiger partial charge in [-0.1, -0.05) is 18.2 Å². The van der Waals surface area contributed by atoms with Crippen molar-refractivity contribution in [3.63, 3.8) is 0 Å². The van der Waals surface area contributed by atoms with Crippen LogP contribution in [0.2, 0.25) is 0 Å². The van der Waals surface area contributed by atoms with Crippen LogP contribution in [0.3, 0.4) is 0 Å². The largest absolute Gasteiger partial charge is 0.292 e. The minimum Gasteiger partial charge on any atom is -0.292 e. The summed E-state index contributed by atoms with van der Waals surface area (Å²) in [6, 6.07) is 6.34. The van der Waals surface area contributed by atoms with E-state index in [0.29, 0.717) is 0 Å². The lowest BCUT2D eigenvalue weighted by Gasteiger charge is -2.03. The van der Waals surface area contributed by atoms with Gasteiger partial charge in [0.2, 0.25) is 0 Å². The van der Waals surface area contributed by atoms with Gasteiger partial charge in [0.05, 0.1) is 6.54 Å². The fourth-order valence-electron chi connectivity index (χ4n) is 2.00. The van der Waals surface area contributed by atoms with Gasteiger partial charge in [-0.3, -0.25) is 9.98 Å². The molecule has 0 aromatic heterocycles. The van der Waals surface area contributed by atoms with Crippen molar-refractivity contribution in [2.24, 2.45) is 9.98 Å². The molecule has 1 aliphatic rings. The van der Waals surface area contributed by atoms with Crippen LogP contribution in [0.25, 0.3) is 0 Å². The van der Waals surface area contributed by atoms with Gasteiger partial charge in [-0.2, -0.15) is 0 Å². The summed E-state index contributed by atoms with van der Waals surface area (Å²) in [5, 5.41) is 0. The minimum absolute atomic E-state index is 0. The van der Waals surface area contributed by atoms with Crippen molar-refractivity contribution in [2.45, 2.75) is 26.7 Å². The summed E-state index contributed by atoms with van der Waals surface area (Å²) >= 11 is 0. The Balaban J connectivity index is 0.00000144. The van der Waals surface area contributed by atoms with Crippen molar-refractivity contribution >= 4 is 24.3 Å². The molecule has 1 heterocycles. The maximum Gasteiger partial charge on any atom is 0.0768 e. The highest BCUT2D eigenvalue weighted by molar-refractivity contribution is 5.91. The Morgan fingerprint density at radius 2 is 2.00 bits per heavy atom. The maximum absolute atomic E-state index is 4.49. The molecule has 1 aromatic carbocycles. The molecule has 0 fully saturated rings. The highest BCUT2D eigenvalue weighted by Gasteiger charge is 2.04. The SMILES string of the molecule is Cc1cccc(C)c1C=NCC1=NCCC1.Cl. The van der Waals surface area contributed by atoms with Crippen molar-refractivity contribution in [1.29, 1.82) is 0 Å². The molecule has 0 saturated carbocycles. The molecular formula is C14H19ClN2. The van der Waals surface area contributed by atoms with Crippen LogP contribution < -0.4 is 0 Å². The number of rotatable bonds is 3. The molecule has 2 rings (SSSR count). The van der Waals surface area contributed by atoms with Crippen LogP contribution in [0, 0.1) is 13.8 Å². The lowest BCUT2D eigenvalue weighted by Crippen LogP contribution is -1.99. The normalized spacial score (nSPS) is 14.8. The van der Waals surface area contributed by atoms with Crippen molar-refractivity contribution in [3.8, 4) is 0 Å². The van der Waals surface area contributed by atoms with Gasteiger partial charge in [-0.15, -0.1) is 12.4 Å². The van der Waals surface area contributed by atoms with Crippen LogP contribution >= 0.6 is 12.4 Å². The summed E-state index contributed by atoms with van der Waals surface area (Å²) in [4.78, 5) is 8.90. The molecular weight excluding hydrogens is 232 g/mol. The Morgan fingerprint density at radius 3 is 2.59 bits per heavy atom. The zero-order chi connectivity index (χ0) is 11.4. The Kier molecular flexibility index (Phi) is 5.36. The average Bonchev–Trinajstić information content (AvgIpc) is 2.75. The van der Waals surface area contributed by atoms with Crippen molar-refractivity contribution in [3.05, 3.63) is 34.9 Å². The third-order valence-electron chi connectivity index (χ3n) is 3.00. The van der Waals surface area contributed by atoms with Crippen molar-refractivity contribution in [1.82, 2.24) is 0 Å². The van der Waals surface area contributed by atoms with Crippen molar-refractivity contribution < 1.29 is 0 Å². The predicted molar refractivity (Wildman–Crippen MR) is 77.2 cm³/mol. The van der Waals surface area contributed by atoms with Gasteiger partial charge in [-0.25, -0.2) is 0 Å². The first-order valence-corrected chi connectivity index (χ1v) is 5.85. The molecule has 0 radical (unpaired) electrons. The highest BCUT2D eigenvalue weighted by atomic mass is 35.5. The van der Waals surface area contributed by atoms with Crippen LogP contribution in [0.4, 0.5) is 0 Å².